The summed E-state index contributed by atoms with van der Waals surface area (Å²) < 4.78 is 10.8. The molecule has 0 saturated heterocycles. The minimum absolute atomic E-state index is 0.0386. The zero-order valence-corrected chi connectivity index (χ0v) is 15.0. The average Bonchev–Trinajstić information content (AvgIpc) is 3.14. The van der Waals surface area contributed by atoms with Gasteiger partial charge in [0, 0.05) is 0 Å². The summed E-state index contributed by atoms with van der Waals surface area (Å²) in [5, 5.41) is 21.9. The van der Waals surface area contributed by atoms with Crippen molar-refractivity contribution in [3.8, 4) is 17.2 Å². The van der Waals surface area contributed by atoms with E-state index in [9.17, 15) is 9.59 Å². The Labute approximate surface area is 156 Å². The lowest BCUT2D eigenvalue weighted by molar-refractivity contribution is -0.139. The summed E-state index contributed by atoms with van der Waals surface area (Å²) in [5.74, 6) is -0.0745. The van der Waals surface area contributed by atoms with Gasteiger partial charge in [-0.15, -0.1) is 10.2 Å². The van der Waals surface area contributed by atoms with Crippen molar-refractivity contribution in [2.45, 2.75) is 31.8 Å². The maximum absolute atomic E-state index is 11.9. The third-order valence-corrected chi connectivity index (χ3v) is 3.75. The fourth-order valence-corrected chi connectivity index (χ4v) is 2.37. The van der Waals surface area contributed by atoms with Crippen molar-refractivity contribution in [1.29, 1.82) is 0 Å². The number of benzene rings is 1. The van der Waals surface area contributed by atoms with Crippen LogP contribution in [0.25, 0.3) is 11.5 Å². The summed E-state index contributed by atoms with van der Waals surface area (Å²) in [6, 6.07) is 5.55. The van der Waals surface area contributed by atoms with Crippen molar-refractivity contribution in [2.24, 2.45) is 5.73 Å². The second-order valence-electron chi connectivity index (χ2n) is 5.70. The number of methoxy groups -OCH3 is 1. The lowest BCUT2D eigenvalue weighted by Crippen LogP contribution is -2.45. The molecule has 0 bridgehead atoms. The first-order valence-electron chi connectivity index (χ1n) is 8.48. The Bertz CT molecular complexity index is 764. The van der Waals surface area contributed by atoms with Gasteiger partial charge in [0.05, 0.1) is 19.2 Å². The highest BCUT2D eigenvalue weighted by atomic mass is 16.5. The Morgan fingerprint density at radius 1 is 1.30 bits per heavy atom. The summed E-state index contributed by atoms with van der Waals surface area (Å²) in [4.78, 5) is 23.1. The highest BCUT2D eigenvalue weighted by molar-refractivity contribution is 5.82. The largest absolute Gasteiger partial charge is 0.496 e. The Balaban J connectivity index is 1.90. The summed E-state index contributed by atoms with van der Waals surface area (Å²) in [6.45, 7) is 0.438. The Morgan fingerprint density at radius 2 is 2.07 bits per heavy atom. The molecule has 27 heavy (non-hydrogen) atoms. The maximum atomic E-state index is 11.9. The van der Waals surface area contributed by atoms with Crippen molar-refractivity contribution in [3.63, 3.8) is 0 Å². The average molecular weight is 377 g/mol. The molecule has 2 rings (SSSR count). The minimum atomic E-state index is -1.10. The van der Waals surface area contributed by atoms with Crippen molar-refractivity contribution in [3.05, 3.63) is 30.2 Å². The molecule has 0 saturated carbocycles. The van der Waals surface area contributed by atoms with E-state index in [-0.39, 0.29) is 18.3 Å². The topological polar surface area (TPSA) is 153 Å². The molecular formula is C17H23N5O5. The number of carbonyl (C=O) groups excluding carboxylic acids is 1. The zero-order valence-electron chi connectivity index (χ0n) is 15.0. The number of urea groups is 1. The van der Waals surface area contributed by atoms with Crippen LogP contribution in [-0.4, -0.2) is 47.0 Å². The van der Waals surface area contributed by atoms with Gasteiger partial charge in [0.1, 0.15) is 11.8 Å². The first kappa shape index (κ1) is 20.2. The molecule has 1 atom stereocenters. The third kappa shape index (κ3) is 5.96. The number of aliphatic carboxylic acids is 1. The molecule has 146 valence electrons. The van der Waals surface area contributed by atoms with E-state index in [0.717, 1.165) is 0 Å². The standard InChI is InChI=1S/C17H23N5O5/c1-26-13-8-3-2-6-11(13)15-22-21-14(27-15)10-19-17(25)20-12(16(23)24)7-4-5-9-18/h2-3,6,8,12H,4-5,7,9-10,18H2,1H3,(H,23,24)(H2,19,20,25). The first-order valence-corrected chi connectivity index (χ1v) is 8.48. The van der Waals surface area contributed by atoms with Crippen molar-refractivity contribution < 1.29 is 23.8 Å². The maximum Gasteiger partial charge on any atom is 0.326 e. The molecule has 0 fully saturated rings. The van der Waals surface area contributed by atoms with Crippen LogP contribution < -0.4 is 21.1 Å². The molecule has 2 aromatic rings. The van der Waals surface area contributed by atoms with Crippen molar-refractivity contribution in [1.82, 2.24) is 20.8 Å². The van der Waals surface area contributed by atoms with Gasteiger partial charge in [-0.3, -0.25) is 0 Å². The van der Waals surface area contributed by atoms with Crippen LogP contribution in [0.1, 0.15) is 25.2 Å². The number of aromatic nitrogens is 2. The predicted octanol–water partition coefficient (Wildman–Crippen LogP) is 1.13. The van der Waals surface area contributed by atoms with E-state index in [1.807, 2.05) is 12.1 Å². The number of amides is 2. The molecule has 0 aliphatic heterocycles. The van der Waals surface area contributed by atoms with Crippen LogP contribution in [0.3, 0.4) is 0 Å². The Morgan fingerprint density at radius 3 is 2.78 bits per heavy atom. The first-order chi connectivity index (χ1) is 13.0. The number of unbranched alkanes of at least 4 members (excludes halogenated alkanes) is 1. The molecule has 0 spiro atoms. The summed E-state index contributed by atoms with van der Waals surface area (Å²) in [5.41, 5.74) is 6.02. The van der Waals surface area contributed by atoms with Crippen LogP contribution in [0.4, 0.5) is 4.79 Å². The zero-order chi connectivity index (χ0) is 19.6. The van der Waals surface area contributed by atoms with E-state index < -0.39 is 18.0 Å². The fourth-order valence-electron chi connectivity index (χ4n) is 2.37. The molecule has 0 aliphatic rings. The lowest BCUT2D eigenvalue weighted by atomic mass is 10.1. The molecule has 0 aliphatic carbocycles. The summed E-state index contributed by atoms with van der Waals surface area (Å²) in [7, 11) is 1.54. The highest BCUT2D eigenvalue weighted by Gasteiger charge is 2.20. The molecule has 1 aromatic carbocycles. The molecule has 10 heteroatoms. The molecule has 2 amide bonds. The number of carboxylic acids is 1. The number of hydrogen-bond donors (Lipinski definition) is 4. The summed E-state index contributed by atoms with van der Waals surface area (Å²) in [6.07, 6.45) is 1.61. The fraction of sp³-hybridized carbons (Fsp3) is 0.412. The van der Waals surface area contributed by atoms with Crippen LogP contribution in [-0.2, 0) is 11.3 Å². The molecule has 5 N–H and O–H groups in total. The Hall–Kier alpha value is -3.14. The summed E-state index contributed by atoms with van der Waals surface area (Å²) >= 11 is 0. The van der Waals surface area contributed by atoms with Crippen LogP contribution in [0.5, 0.6) is 5.75 Å². The van der Waals surface area contributed by atoms with Gasteiger partial charge >= 0.3 is 12.0 Å². The van der Waals surface area contributed by atoms with Gasteiger partial charge in [0.2, 0.25) is 5.89 Å². The number of rotatable bonds is 10. The van der Waals surface area contributed by atoms with E-state index in [4.69, 9.17) is 20.0 Å². The number of nitrogens with two attached hydrogens (primary N) is 1. The number of nitrogens with zero attached hydrogens (tertiary/aromatic N) is 2. The van der Waals surface area contributed by atoms with Gasteiger partial charge in [-0.05, 0) is 37.9 Å². The van der Waals surface area contributed by atoms with E-state index in [1.54, 1.807) is 12.1 Å². The monoisotopic (exact) mass is 377 g/mol. The molecule has 0 radical (unpaired) electrons. The van der Waals surface area contributed by atoms with E-state index in [2.05, 4.69) is 20.8 Å². The normalized spacial score (nSPS) is 11.6. The molecule has 1 unspecified atom stereocenters. The van der Waals surface area contributed by atoms with E-state index in [1.165, 1.54) is 7.11 Å². The second-order valence-corrected chi connectivity index (χ2v) is 5.70. The number of carboxylic acid groups (broad SMARTS) is 1. The number of para-hydroxylation sites is 1. The van der Waals surface area contributed by atoms with Gasteiger partial charge in [-0.25, -0.2) is 9.59 Å². The lowest BCUT2D eigenvalue weighted by Gasteiger charge is -2.14. The van der Waals surface area contributed by atoms with E-state index >= 15 is 0 Å². The minimum Gasteiger partial charge on any atom is -0.496 e. The van der Waals surface area contributed by atoms with Crippen LogP contribution >= 0.6 is 0 Å². The van der Waals surface area contributed by atoms with Gasteiger partial charge in [0.15, 0.2) is 0 Å². The number of ether oxygens (including phenoxy) is 1. The molecular weight excluding hydrogens is 354 g/mol. The van der Waals surface area contributed by atoms with Crippen LogP contribution in [0, 0.1) is 0 Å². The van der Waals surface area contributed by atoms with Crippen molar-refractivity contribution in [2.75, 3.05) is 13.7 Å². The highest BCUT2D eigenvalue weighted by Crippen LogP contribution is 2.28. The SMILES string of the molecule is COc1ccccc1-c1nnc(CNC(=O)NC(CCCCN)C(=O)O)o1. The molecule has 10 nitrogen and oxygen atoms in total. The molecule has 1 aromatic heterocycles. The predicted molar refractivity (Wildman–Crippen MR) is 96.0 cm³/mol. The van der Waals surface area contributed by atoms with Gasteiger partial charge in [-0.1, -0.05) is 12.1 Å². The number of hydrogen-bond acceptors (Lipinski definition) is 7. The number of nitrogens with one attached hydrogen (secondary N) is 2. The Kier molecular flexibility index (Phi) is 7.56. The molecule has 1 heterocycles. The second kappa shape index (κ2) is 10.1. The quantitative estimate of drug-likeness (QED) is 0.449. The van der Waals surface area contributed by atoms with Gasteiger partial charge < -0.3 is 30.6 Å². The third-order valence-electron chi connectivity index (χ3n) is 3.75. The van der Waals surface area contributed by atoms with Crippen molar-refractivity contribution >= 4 is 12.0 Å². The van der Waals surface area contributed by atoms with E-state index in [0.29, 0.717) is 37.1 Å². The smallest absolute Gasteiger partial charge is 0.326 e. The van der Waals surface area contributed by atoms with Crippen LogP contribution in [0.15, 0.2) is 28.7 Å². The van der Waals surface area contributed by atoms with Gasteiger partial charge in [-0.2, -0.15) is 0 Å². The van der Waals surface area contributed by atoms with Crippen LogP contribution in [0.2, 0.25) is 0 Å². The number of carbonyl (C=O) groups is 2. The van der Waals surface area contributed by atoms with Gasteiger partial charge in [0.25, 0.3) is 5.89 Å².